The van der Waals surface area contributed by atoms with Crippen LogP contribution in [0.5, 0.6) is 5.88 Å². The number of nitrogens with two attached hydrogens (primary N) is 1. The van der Waals surface area contributed by atoms with E-state index < -0.39 is 0 Å². The minimum Gasteiger partial charge on any atom is -0.477 e. The van der Waals surface area contributed by atoms with Crippen molar-refractivity contribution in [2.45, 2.75) is 13.5 Å². The summed E-state index contributed by atoms with van der Waals surface area (Å²) in [5.74, 6) is -0.306. The number of pyridine rings is 1. The van der Waals surface area contributed by atoms with Gasteiger partial charge in [-0.05, 0) is 30.7 Å². The number of ether oxygens (including phenoxy) is 1. The second-order valence-corrected chi connectivity index (χ2v) is 5.57. The molecule has 0 radical (unpaired) electrons. The Kier molecular flexibility index (Phi) is 5.79. The SMILES string of the molecule is CCOc1nc(C(=O)NCc2ccc(N(C)C)cc2)cc(N)c1C#N. The number of nitrogen functional groups attached to an aromatic ring is 1. The summed E-state index contributed by atoms with van der Waals surface area (Å²) in [5, 5.41) is 11.9. The van der Waals surface area contributed by atoms with Gasteiger partial charge in [0.2, 0.25) is 5.88 Å². The van der Waals surface area contributed by atoms with E-state index in [2.05, 4.69) is 10.3 Å². The van der Waals surface area contributed by atoms with Crippen LogP contribution in [0, 0.1) is 11.3 Å². The molecule has 0 spiro atoms. The number of anilines is 2. The van der Waals surface area contributed by atoms with Gasteiger partial charge >= 0.3 is 0 Å². The number of nitrogens with one attached hydrogen (secondary N) is 1. The van der Waals surface area contributed by atoms with Crippen molar-refractivity contribution in [1.82, 2.24) is 10.3 Å². The molecule has 1 amide bonds. The van der Waals surface area contributed by atoms with E-state index in [1.807, 2.05) is 49.3 Å². The number of nitrogens with zero attached hydrogens (tertiary/aromatic N) is 3. The van der Waals surface area contributed by atoms with E-state index in [9.17, 15) is 4.79 Å². The van der Waals surface area contributed by atoms with Crippen molar-refractivity contribution in [2.75, 3.05) is 31.3 Å². The molecule has 2 rings (SSSR count). The number of hydrogen-bond acceptors (Lipinski definition) is 6. The molecule has 7 heteroatoms. The van der Waals surface area contributed by atoms with Crippen molar-refractivity contribution in [3.05, 3.63) is 47.2 Å². The lowest BCUT2D eigenvalue weighted by Crippen LogP contribution is -2.24. The van der Waals surface area contributed by atoms with Crippen LogP contribution in [0.25, 0.3) is 0 Å². The summed E-state index contributed by atoms with van der Waals surface area (Å²) in [4.78, 5) is 18.4. The number of rotatable bonds is 6. The molecular weight excluding hydrogens is 318 g/mol. The second-order valence-electron chi connectivity index (χ2n) is 5.57. The predicted molar refractivity (Wildman–Crippen MR) is 96.5 cm³/mol. The minimum atomic E-state index is -0.381. The molecule has 0 saturated heterocycles. The van der Waals surface area contributed by atoms with Gasteiger partial charge < -0.3 is 20.7 Å². The Morgan fingerprint density at radius 3 is 2.60 bits per heavy atom. The Hall–Kier alpha value is -3.27. The average molecular weight is 339 g/mol. The summed E-state index contributed by atoms with van der Waals surface area (Å²) < 4.78 is 5.30. The number of amides is 1. The first-order valence-electron chi connectivity index (χ1n) is 7.84. The Morgan fingerprint density at radius 2 is 2.04 bits per heavy atom. The number of hydrogen-bond donors (Lipinski definition) is 2. The third-order valence-electron chi connectivity index (χ3n) is 3.55. The van der Waals surface area contributed by atoms with E-state index in [1.165, 1.54) is 6.07 Å². The van der Waals surface area contributed by atoms with E-state index in [-0.39, 0.29) is 28.7 Å². The summed E-state index contributed by atoms with van der Waals surface area (Å²) >= 11 is 0. The quantitative estimate of drug-likeness (QED) is 0.833. The van der Waals surface area contributed by atoms with E-state index in [0.717, 1.165) is 11.3 Å². The lowest BCUT2D eigenvalue weighted by atomic mass is 10.2. The molecule has 0 bridgehead atoms. The van der Waals surface area contributed by atoms with Gasteiger partial charge in [-0.2, -0.15) is 5.26 Å². The molecule has 1 aromatic heterocycles. The predicted octanol–water partition coefficient (Wildman–Crippen LogP) is 1.93. The zero-order valence-electron chi connectivity index (χ0n) is 14.5. The zero-order chi connectivity index (χ0) is 18.4. The van der Waals surface area contributed by atoms with Gasteiger partial charge in [-0.3, -0.25) is 4.79 Å². The molecule has 0 atom stereocenters. The van der Waals surface area contributed by atoms with E-state index in [1.54, 1.807) is 6.92 Å². The topological polar surface area (TPSA) is 104 Å². The van der Waals surface area contributed by atoms with E-state index in [0.29, 0.717) is 13.2 Å². The summed E-state index contributed by atoms with van der Waals surface area (Å²) in [6.45, 7) is 2.45. The summed E-state index contributed by atoms with van der Waals surface area (Å²) in [7, 11) is 3.93. The van der Waals surface area contributed by atoms with Gasteiger partial charge in [0.15, 0.2) is 0 Å². The highest BCUT2D eigenvalue weighted by atomic mass is 16.5. The van der Waals surface area contributed by atoms with Crippen LogP contribution in [0.15, 0.2) is 30.3 Å². The highest BCUT2D eigenvalue weighted by Gasteiger charge is 2.16. The number of benzene rings is 1. The largest absolute Gasteiger partial charge is 0.477 e. The van der Waals surface area contributed by atoms with Crippen LogP contribution < -0.4 is 20.7 Å². The highest BCUT2D eigenvalue weighted by molar-refractivity contribution is 5.93. The van der Waals surface area contributed by atoms with Crippen LogP contribution in [0.1, 0.15) is 28.5 Å². The molecule has 25 heavy (non-hydrogen) atoms. The van der Waals surface area contributed by atoms with Crippen LogP contribution in [0.3, 0.4) is 0 Å². The molecule has 2 aromatic rings. The van der Waals surface area contributed by atoms with Crippen molar-refractivity contribution in [1.29, 1.82) is 5.26 Å². The number of carbonyl (C=O) groups is 1. The standard InChI is InChI=1S/C18H21N5O2/c1-4-25-18-14(10-19)15(20)9-16(22-18)17(24)21-11-12-5-7-13(8-6-12)23(2)3/h5-9H,4,11H2,1-3H3,(H2,20,22)(H,21,24). The van der Waals surface area contributed by atoms with Crippen LogP contribution in [0.2, 0.25) is 0 Å². The van der Waals surface area contributed by atoms with Crippen LogP contribution in [-0.2, 0) is 6.54 Å². The Bertz CT molecular complexity index is 794. The van der Waals surface area contributed by atoms with Crippen LogP contribution in [-0.4, -0.2) is 31.6 Å². The smallest absolute Gasteiger partial charge is 0.270 e. The highest BCUT2D eigenvalue weighted by Crippen LogP contribution is 2.22. The molecule has 1 aromatic carbocycles. The molecule has 0 aliphatic heterocycles. The first kappa shape index (κ1) is 18.1. The third kappa shape index (κ3) is 4.38. The van der Waals surface area contributed by atoms with Crippen molar-refractivity contribution in [2.24, 2.45) is 0 Å². The van der Waals surface area contributed by atoms with Crippen molar-refractivity contribution in [3.8, 4) is 11.9 Å². The van der Waals surface area contributed by atoms with Gasteiger partial charge in [0.05, 0.1) is 12.3 Å². The number of nitriles is 1. The van der Waals surface area contributed by atoms with E-state index in [4.69, 9.17) is 15.7 Å². The first-order chi connectivity index (χ1) is 12.0. The van der Waals surface area contributed by atoms with Crippen molar-refractivity contribution >= 4 is 17.3 Å². The monoisotopic (exact) mass is 339 g/mol. The van der Waals surface area contributed by atoms with Gasteiger partial charge in [-0.1, -0.05) is 12.1 Å². The molecular formula is C18H21N5O2. The molecule has 0 aliphatic rings. The Morgan fingerprint density at radius 1 is 1.36 bits per heavy atom. The molecule has 0 unspecified atom stereocenters. The number of aromatic nitrogens is 1. The molecule has 0 fully saturated rings. The van der Waals surface area contributed by atoms with E-state index >= 15 is 0 Å². The van der Waals surface area contributed by atoms with Gasteiger partial charge in [-0.25, -0.2) is 4.98 Å². The molecule has 0 aliphatic carbocycles. The zero-order valence-corrected chi connectivity index (χ0v) is 14.5. The van der Waals surface area contributed by atoms with Gasteiger partial charge in [-0.15, -0.1) is 0 Å². The van der Waals surface area contributed by atoms with Crippen LogP contribution in [0.4, 0.5) is 11.4 Å². The fourth-order valence-electron chi connectivity index (χ4n) is 2.20. The minimum absolute atomic E-state index is 0.0745. The van der Waals surface area contributed by atoms with Gasteiger partial charge in [0.1, 0.15) is 17.3 Å². The molecule has 3 N–H and O–H groups in total. The van der Waals surface area contributed by atoms with Crippen molar-refractivity contribution < 1.29 is 9.53 Å². The molecule has 1 heterocycles. The Balaban J connectivity index is 2.11. The fraction of sp³-hybridized carbons (Fsp3) is 0.278. The van der Waals surface area contributed by atoms with Gasteiger partial charge in [0, 0.05) is 26.3 Å². The summed E-state index contributed by atoms with van der Waals surface area (Å²) in [5.41, 5.74) is 8.29. The average Bonchev–Trinajstić information content (AvgIpc) is 2.60. The fourth-order valence-corrected chi connectivity index (χ4v) is 2.20. The lowest BCUT2D eigenvalue weighted by Gasteiger charge is -2.13. The summed E-state index contributed by atoms with van der Waals surface area (Å²) in [6.07, 6.45) is 0. The maximum Gasteiger partial charge on any atom is 0.270 e. The molecule has 0 saturated carbocycles. The maximum absolute atomic E-state index is 12.3. The van der Waals surface area contributed by atoms with Crippen LogP contribution >= 0.6 is 0 Å². The first-order valence-corrected chi connectivity index (χ1v) is 7.84. The van der Waals surface area contributed by atoms with Crippen molar-refractivity contribution in [3.63, 3.8) is 0 Å². The lowest BCUT2D eigenvalue weighted by molar-refractivity contribution is 0.0945. The maximum atomic E-state index is 12.3. The Labute approximate surface area is 147 Å². The summed E-state index contributed by atoms with van der Waals surface area (Å²) in [6, 6.07) is 11.2. The van der Waals surface area contributed by atoms with Gasteiger partial charge in [0.25, 0.3) is 5.91 Å². The second kappa shape index (κ2) is 8.02. The molecule has 130 valence electrons. The molecule has 7 nitrogen and oxygen atoms in total. The third-order valence-corrected chi connectivity index (χ3v) is 3.55. The number of carbonyl (C=O) groups excluding carboxylic acids is 1. The normalized spacial score (nSPS) is 10.0.